The van der Waals surface area contributed by atoms with E-state index in [1.54, 1.807) is 0 Å². The Bertz CT molecular complexity index is 170. The highest BCUT2D eigenvalue weighted by Crippen LogP contribution is 2.38. The molecule has 3 atom stereocenters. The number of rotatable bonds is 8. The Morgan fingerprint density at radius 3 is 2.53 bits per heavy atom. The van der Waals surface area contributed by atoms with Crippen molar-refractivity contribution in [2.45, 2.75) is 46.1 Å². The fourth-order valence-electron chi connectivity index (χ4n) is 2.23. The Kier molecular flexibility index (Phi) is 5.62. The van der Waals surface area contributed by atoms with Gasteiger partial charge in [0.2, 0.25) is 0 Å². The van der Waals surface area contributed by atoms with Gasteiger partial charge in [0.25, 0.3) is 0 Å². The van der Waals surface area contributed by atoms with Gasteiger partial charge >= 0.3 is 0 Å². The van der Waals surface area contributed by atoms with Gasteiger partial charge in [-0.2, -0.15) is 0 Å². The van der Waals surface area contributed by atoms with Crippen molar-refractivity contribution in [2.75, 3.05) is 26.7 Å². The fourth-order valence-corrected chi connectivity index (χ4v) is 2.23. The molecule has 15 heavy (non-hydrogen) atoms. The monoisotopic (exact) mass is 212 g/mol. The van der Waals surface area contributed by atoms with Crippen LogP contribution >= 0.6 is 0 Å². The zero-order valence-corrected chi connectivity index (χ0v) is 10.9. The maximum absolute atomic E-state index is 3.53. The first kappa shape index (κ1) is 13.0. The summed E-state index contributed by atoms with van der Waals surface area (Å²) in [6, 6.07) is 0.726. The van der Waals surface area contributed by atoms with Crippen LogP contribution in [0.5, 0.6) is 0 Å². The predicted octanol–water partition coefficient (Wildman–Crippen LogP) is 2.35. The Hall–Kier alpha value is -0.0800. The van der Waals surface area contributed by atoms with Crippen molar-refractivity contribution in [3.8, 4) is 0 Å². The van der Waals surface area contributed by atoms with E-state index < -0.39 is 0 Å². The first-order valence-corrected chi connectivity index (χ1v) is 6.59. The third-order valence-corrected chi connectivity index (χ3v) is 3.70. The topological polar surface area (TPSA) is 15.3 Å². The minimum Gasteiger partial charge on any atom is -0.315 e. The molecule has 1 aliphatic rings. The van der Waals surface area contributed by atoms with Gasteiger partial charge in [-0.15, -0.1) is 0 Å². The highest BCUT2D eigenvalue weighted by molar-refractivity contribution is 4.86. The molecular weight excluding hydrogens is 184 g/mol. The van der Waals surface area contributed by atoms with Crippen molar-refractivity contribution in [3.63, 3.8) is 0 Å². The zero-order chi connectivity index (χ0) is 11.3. The van der Waals surface area contributed by atoms with Gasteiger partial charge in [0.15, 0.2) is 0 Å². The summed E-state index contributed by atoms with van der Waals surface area (Å²) in [6.07, 6.45) is 3.94. The summed E-state index contributed by atoms with van der Waals surface area (Å²) in [7, 11) is 2.28. The number of hydrogen-bond donors (Lipinski definition) is 1. The highest BCUT2D eigenvalue weighted by Gasteiger charge is 2.34. The molecule has 1 aliphatic carbocycles. The van der Waals surface area contributed by atoms with Crippen LogP contribution in [-0.4, -0.2) is 37.6 Å². The van der Waals surface area contributed by atoms with Crippen molar-refractivity contribution in [3.05, 3.63) is 0 Å². The quantitative estimate of drug-likeness (QED) is 0.621. The Labute approximate surface area is 95.4 Å². The fraction of sp³-hybridized carbons (Fsp3) is 1.00. The van der Waals surface area contributed by atoms with Gasteiger partial charge in [-0.25, -0.2) is 0 Å². The number of hydrogen-bond acceptors (Lipinski definition) is 2. The minimum atomic E-state index is 0.726. The average Bonchev–Trinajstić information content (AvgIpc) is 2.89. The second kappa shape index (κ2) is 6.49. The zero-order valence-electron chi connectivity index (χ0n) is 10.9. The Morgan fingerprint density at radius 2 is 2.07 bits per heavy atom. The molecule has 0 spiro atoms. The summed E-state index contributed by atoms with van der Waals surface area (Å²) in [5, 5.41) is 3.53. The van der Waals surface area contributed by atoms with Crippen molar-refractivity contribution in [2.24, 2.45) is 11.8 Å². The van der Waals surface area contributed by atoms with Crippen LogP contribution in [0.15, 0.2) is 0 Å². The molecular formula is C13H28N2. The van der Waals surface area contributed by atoms with Gasteiger partial charge in [-0.1, -0.05) is 20.8 Å². The lowest BCUT2D eigenvalue weighted by Gasteiger charge is -2.27. The van der Waals surface area contributed by atoms with Gasteiger partial charge < -0.3 is 10.2 Å². The smallest absolute Gasteiger partial charge is 0.0215 e. The van der Waals surface area contributed by atoms with Gasteiger partial charge in [0.05, 0.1) is 0 Å². The highest BCUT2D eigenvalue weighted by atomic mass is 15.2. The van der Waals surface area contributed by atoms with Crippen molar-refractivity contribution in [1.29, 1.82) is 0 Å². The van der Waals surface area contributed by atoms with E-state index in [9.17, 15) is 0 Å². The van der Waals surface area contributed by atoms with E-state index in [1.165, 1.54) is 25.8 Å². The van der Waals surface area contributed by atoms with Gasteiger partial charge in [-0.3, -0.25) is 0 Å². The van der Waals surface area contributed by atoms with E-state index in [0.29, 0.717) is 0 Å². The molecule has 1 fully saturated rings. The maximum Gasteiger partial charge on any atom is 0.0215 e. The first-order valence-electron chi connectivity index (χ1n) is 6.59. The SMILES string of the molecule is CCCNCC(CC)N(C)CC1CC1C. The molecule has 1 saturated carbocycles. The van der Waals surface area contributed by atoms with Crippen LogP contribution in [0.25, 0.3) is 0 Å². The van der Waals surface area contributed by atoms with Gasteiger partial charge in [-0.05, 0) is 44.7 Å². The molecule has 0 aromatic carbocycles. The molecule has 0 radical (unpaired) electrons. The van der Waals surface area contributed by atoms with E-state index >= 15 is 0 Å². The molecule has 1 N–H and O–H groups in total. The second-order valence-electron chi connectivity index (χ2n) is 5.18. The van der Waals surface area contributed by atoms with E-state index in [1.807, 2.05) is 0 Å². The summed E-state index contributed by atoms with van der Waals surface area (Å²) in [5.41, 5.74) is 0. The van der Waals surface area contributed by atoms with Crippen LogP contribution < -0.4 is 5.32 Å². The van der Waals surface area contributed by atoms with E-state index in [2.05, 4.69) is 38.0 Å². The maximum atomic E-state index is 3.53. The lowest BCUT2D eigenvalue weighted by atomic mass is 10.2. The van der Waals surface area contributed by atoms with E-state index in [4.69, 9.17) is 0 Å². The second-order valence-corrected chi connectivity index (χ2v) is 5.18. The molecule has 90 valence electrons. The number of likely N-dealkylation sites (N-methyl/N-ethyl adjacent to an activating group) is 1. The van der Waals surface area contributed by atoms with Crippen molar-refractivity contribution >= 4 is 0 Å². The van der Waals surface area contributed by atoms with E-state index in [0.717, 1.165) is 31.0 Å². The largest absolute Gasteiger partial charge is 0.315 e. The molecule has 0 aromatic rings. The lowest BCUT2D eigenvalue weighted by Crippen LogP contribution is -2.41. The molecule has 0 aromatic heterocycles. The summed E-state index contributed by atoms with van der Waals surface area (Å²) in [6.45, 7) is 10.5. The first-order chi connectivity index (χ1) is 7.19. The summed E-state index contributed by atoms with van der Waals surface area (Å²) in [4.78, 5) is 2.55. The molecule has 0 heterocycles. The van der Waals surface area contributed by atoms with Crippen molar-refractivity contribution in [1.82, 2.24) is 10.2 Å². The van der Waals surface area contributed by atoms with Crippen LogP contribution in [0.1, 0.15) is 40.0 Å². The molecule has 3 unspecified atom stereocenters. The van der Waals surface area contributed by atoms with Crippen LogP contribution in [0.4, 0.5) is 0 Å². The Balaban J connectivity index is 2.17. The van der Waals surface area contributed by atoms with Crippen LogP contribution in [-0.2, 0) is 0 Å². The summed E-state index contributed by atoms with van der Waals surface area (Å²) in [5.74, 6) is 1.96. The molecule has 2 nitrogen and oxygen atoms in total. The standard InChI is InChI=1S/C13H28N2/c1-5-7-14-9-13(6-2)15(4)10-12-8-11(12)3/h11-14H,5-10H2,1-4H3. The minimum absolute atomic E-state index is 0.726. The predicted molar refractivity (Wildman–Crippen MR) is 67.1 cm³/mol. The molecule has 1 rings (SSSR count). The third-order valence-electron chi connectivity index (χ3n) is 3.70. The normalized spacial score (nSPS) is 27.0. The Morgan fingerprint density at radius 1 is 1.40 bits per heavy atom. The molecule has 0 bridgehead atoms. The number of nitrogens with zero attached hydrogens (tertiary/aromatic N) is 1. The summed E-state index contributed by atoms with van der Waals surface area (Å²) < 4.78 is 0. The summed E-state index contributed by atoms with van der Waals surface area (Å²) >= 11 is 0. The third kappa shape index (κ3) is 4.52. The molecule has 0 aliphatic heterocycles. The number of nitrogens with one attached hydrogen (secondary N) is 1. The van der Waals surface area contributed by atoms with Crippen LogP contribution in [0, 0.1) is 11.8 Å². The molecule has 2 heteroatoms. The van der Waals surface area contributed by atoms with E-state index in [-0.39, 0.29) is 0 Å². The van der Waals surface area contributed by atoms with Crippen LogP contribution in [0.2, 0.25) is 0 Å². The molecule has 0 amide bonds. The van der Waals surface area contributed by atoms with Crippen LogP contribution in [0.3, 0.4) is 0 Å². The lowest BCUT2D eigenvalue weighted by molar-refractivity contribution is 0.218. The van der Waals surface area contributed by atoms with Gasteiger partial charge in [0, 0.05) is 19.1 Å². The molecule has 0 saturated heterocycles. The van der Waals surface area contributed by atoms with Crippen molar-refractivity contribution < 1.29 is 0 Å². The average molecular weight is 212 g/mol. The van der Waals surface area contributed by atoms with Gasteiger partial charge in [0.1, 0.15) is 0 Å².